The predicted molar refractivity (Wildman–Crippen MR) is 47.7 cm³/mol. The molecule has 0 aliphatic rings. The van der Waals surface area contributed by atoms with Gasteiger partial charge in [-0.15, -0.1) is 10.2 Å². The molecule has 1 rings (SSSR count). The number of thioether (sulfide) groups is 1. The molecular weight excluding hydrogens is 192 g/mol. The lowest BCUT2D eigenvalue weighted by Crippen LogP contribution is -2.11. The summed E-state index contributed by atoms with van der Waals surface area (Å²) in [7, 11) is 0. The van der Waals surface area contributed by atoms with Gasteiger partial charge in [-0.3, -0.25) is 4.79 Å². The quantitative estimate of drug-likeness (QED) is 0.525. The Kier molecular flexibility index (Phi) is 3.13. The third kappa shape index (κ3) is 2.94. The van der Waals surface area contributed by atoms with Crippen molar-refractivity contribution in [1.29, 1.82) is 0 Å². The van der Waals surface area contributed by atoms with Crippen LogP contribution in [0.4, 0.5) is 0 Å². The van der Waals surface area contributed by atoms with Crippen LogP contribution in [-0.4, -0.2) is 31.2 Å². The summed E-state index contributed by atoms with van der Waals surface area (Å²) in [6.45, 7) is 1.80. The summed E-state index contributed by atoms with van der Waals surface area (Å²) < 4.78 is 1.27. The summed E-state index contributed by atoms with van der Waals surface area (Å²) in [5.74, 6) is 4.61. The molecule has 6 nitrogen and oxygen atoms in total. The fourth-order valence-corrected chi connectivity index (χ4v) is 1.63. The molecule has 1 aromatic heterocycles. The SMILES string of the molecule is CC(CC(=O)O)Sc1nncn1N. The number of hydrogen-bond acceptors (Lipinski definition) is 5. The number of nitrogens with two attached hydrogens (primary N) is 1. The Hall–Kier alpha value is -1.24. The molecule has 1 heterocycles. The van der Waals surface area contributed by atoms with E-state index in [1.165, 1.54) is 22.8 Å². The van der Waals surface area contributed by atoms with Crippen LogP contribution < -0.4 is 5.84 Å². The van der Waals surface area contributed by atoms with Crippen LogP contribution >= 0.6 is 11.8 Å². The Morgan fingerprint density at radius 3 is 3.08 bits per heavy atom. The van der Waals surface area contributed by atoms with Crippen LogP contribution in [0.1, 0.15) is 13.3 Å². The average Bonchev–Trinajstić information content (AvgIpc) is 2.34. The number of carbonyl (C=O) groups is 1. The molecule has 0 saturated carbocycles. The van der Waals surface area contributed by atoms with E-state index in [4.69, 9.17) is 10.9 Å². The van der Waals surface area contributed by atoms with E-state index in [0.717, 1.165) is 0 Å². The monoisotopic (exact) mass is 202 g/mol. The summed E-state index contributed by atoms with van der Waals surface area (Å²) in [6, 6.07) is 0. The normalized spacial score (nSPS) is 12.7. The summed E-state index contributed by atoms with van der Waals surface area (Å²) in [6.07, 6.45) is 1.45. The van der Waals surface area contributed by atoms with Gasteiger partial charge in [-0.2, -0.15) is 0 Å². The lowest BCUT2D eigenvalue weighted by atomic mass is 10.3. The first-order valence-electron chi connectivity index (χ1n) is 3.63. The Morgan fingerprint density at radius 1 is 1.92 bits per heavy atom. The van der Waals surface area contributed by atoms with Crippen LogP contribution in [0.5, 0.6) is 0 Å². The van der Waals surface area contributed by atoms with Crippen LogP contribution in [-0.2, 0) is 4.79 Å². The van der Waals surface area contributed by atoms with Crippen molar-refractivity contribution in [3.8, 4) is 0 Å². The van der Waals surface area contributed by atoms with E-state index in [9.17, 15) is 4.79 Å². The highest BCUT2D eigenvalue weighted by molar-refractivity contribution is 7.99. The molecule has 1 aromatic rings. The molecule has 0 aromatic carbocycles. The second-order valence-electron chi connectivity index (χ2n) is 2.55. The highest BCUT2D eigenvalue weighted by Gasteiger charge is 2.12. The highest BCUT2D eigenvalue weighted by Crippen LogP contribution is 2.21. The maximum absolute atomic E-state index is 10.3. The van der Waals surface area contributed by atoms with Crippen LogP contribution in [0.15, 0.2) is 11.5 Å². The van der Waals surface area contributed by atoms with E-state index in [-0.39, 0.29) is 11.7 Å². The van der Waals surface area contributed by atoms with Gasteiger partial charge in [0.1, 0.15) is 6.33 Å². The second-order valence-corrected chi connectivity index (χ2v) is 3.95. The zero-order valence-electron chi connectivity index (χ0n) is 7.04. The Labute approximate surface area is 79.1 Å². The first kappa shape index (κ1) is 9.85. The van der Waals surface area contributed by atoms with Gasteiger partial charge in [0.15, 0.2) is 0 Å². The Morgan fingerprint density at radius 2 is 2.62 bits per heavy atom. The number of aliphatic carboxylic acids is 1. The third-order valence-electron chi connectivity index (χ3n) is 1.31. The average molecular weight is 202 g/mol. The fraction of sp³-hybridized carbons (Fsp3) is 0.500. The number of nitrogens with zero attached hydrogens (tertiary/aromatic N) is 3. The molecule has 7 heteroatoms. The van der Waals surface area contributed by atoms with Gasteiger partial charge in [0.05, 0.1) is 6.42 Å². The number of rotatable bonds is 4. The van der Waals surface area contributed by atoms with Crippen LogP contribution in [0.3, 0.4) is 0 Å². The van der Waals surface area contributed by atoms with Gasteiger partial charge in [0.2, 0.25) is 5.16 Å². The molecule has 13 heavy (non-hydrogen) atoms. The van der Waals surface area contributed by atoms with Crippen molar-refractivity contribution in [3.63, 3.8) is 0 Å². The highest BCUT2D eigenvalue weighted by atomic mass is 32.2. The van der Waals surface area contributed by atoms with Crippen molar-refractivity contribution in [2.75, 3.05) is 5.84 Å². The molecule has 72 valence electrons. The zero-order chi connectivity index (χ0) is 9.84. The van der Waals surface area contributed by atoms with Gasteiger partial charge in [0.25, 0.3) is 0 Å². The molecular formula is C6H10N4O2S. The minimum Gasteiger partial charge on any atom is -0.481 e. The number of aromatic nitrogens is 3. The smallest absolute Gasteiger partial charge is 0.304 e. The van der Waals surface area contributed by atoms with E-state index >= 15 is 0 Å². The van der Waals surface area contributed by atoms with Crippen molar-refractivity contribution in [2.45, 2.75) is 23.8 Å². The minimum atomic E-state index is -0.830. The third-order valence-corrected chi connectivity index (χ3v) is 2.38. The topological polar surface area (TPSA) is 94.0 Å². The second kappa shape index (κ2) is 4.13. The Balaban J connectivity index is 2.49. The molecule has 0 fully saturated rings. The van der Waals surface area contributed by atoms with Crippen molar-refractivity contribution in [1.82, 2.24) is 14.9 Å². The number of nitrogen functional groups attached to an aromatic ring is 1. The molecule has 0 aliphatic carbocycles. The molecule has 0 saturated heterocycles. The lowest BCUT2D eigenvalue weighted by Gasteiger charge is -2.05. The summed E-state index contributed by atoms with van der Waals surface area (Å²) in [5.41, 5.74) is 0. The van der Waals surface area contributed by atoms with Crippen molar-refractivity contribution >= 4 is 17.7 Å². The molecule has 1 unspecified atom stereocenters. The van der Waals surface area contributed by atoms with Crippen molar-refractivity contribution < 1.29 is 9.90 Å². The molecule has 0 spiro atoms. The van der Waals surface area contributed by atoms with Crippen LogP contribution in [0.2, 0.25) is 0 Å². The van der Waals surface area contributed by atoms with Gasteiger partial charge in [-0.05, 0) is 0 Å². The summed E-state index contributed by atoms with van der Waals surface area (Å²) in [4.78, 5) is 10.3. The maximum atomic E-state index is 10.3. The zero-order valence-corrected chi connectivity index (χ0v) is 7.86. The van der Waals surface area contributed by atoms with Gasteiger partial charge in [-0.25, -0.2) is 4.68 Å². The standard InChI is InChI=1S/C6H10N4O2S/c1-4(2-5(11)12)13-6-9-8-3-10(6)7/h3-4H,2,7H2,1H3,(H,11,12). The summed E-state index contributed by atoms with van der Waals surface area (Å²) >= 11 is 1.29. The fourth-order valence-electron chi connectivity index (χ4n) is 0.784. The molecule has 3 N–H and O–H groups in total. The van der Waals surface area contributed by atoms with Crippen molar-refractivity contribution in [2.24, 2.45) is 0 Å². The van der Waals surface area contributed by atoms with E-state index < -0.39 is 5.97 Å². The predicted octanol–water partition coefficient (Wildman–Crippen LogP) is -0.0528. The minimum absolute atomic E-state index is 0.0657. The van der Waals surface area contributed by atoms with E-state index in [1.54, 1.807) is 6.92 Å². The van der Waals surface area contributed by atoms with Crippen molar-refractivity contribution in [3.05, 3.63) is 6.33 Å². The van der Waals surface area contributed by atoms with Gasteiger partial charge in [0, 0.05) is 5.25 Å². The molecule has 0 amide bonds. The van der Waals surface area contributed by atoms with Crippen LogP contribution in [0.25, 0.3) is 0 Å². The number of hydrogen-bond donors (Lipinski definition) is 2. The van der Waals surface area contributed by atoms with Gasteiger partial charge in [-0.1, -0.05) is 18.7 Å². The van der Waals surface area contributed by atoms with E-state index in [1.807, 2.05) is 0 Å². The number of carboxylic acids is 1. The maximum Gasteiger partial charge on any atom is 0.304 e. The number of carboxylic acid groups (broad SMARTS) is 1. The largest absolute Gasteiger partial charge is 0.481 e. The van der Waals surface area contributed by atoms with Crippen LogP contribution in [0, 0.1) is 0 Å². The molecule has 0 bridgehead atoms. The first-order chi connectivity index (χ1) is 6.09. The molecule has 0 radical (unpaired) electrons. The molecule has 0 aliphatic heterocycles. The first-order valence-corrected chi connectivity index (χ1v) is 4.51. The molecule has 1 atom stereocenters. The summed E-state index contributed by atoms with van der Waals surface area (Å²) in [5, 5.41) is 16.2. The van der Waals surface area contributed by atoms with E-state index in [2.05, 4.69) is 10.2 Å². The Bertz CT molecular complexity index is 301. The van der Waals surface area contributed by atoms with E-state index in [0.29, 0.717) is 5.16 Å². The van der Waals surface area contributed by atoms with Gasteiger partial charge >= 0.3 is 5.97 Å². The van der Waals surface area contributed by atoms with Gasteiger partial charge < -0.3 is 10.9 Å². The lowest BCUT2D eigenvalue weighted by molar-refractivity contribution is -0.136.